The Kier molecular flexibility index (Phi) is 12.9. The van der Waals surface area contributed by atoms with E-state index in [2.05, 4.69) is 6.58 Å². The quantitative estimate of drug-likeness (QED) is 0.188. The molecule has 0 aromatic heterocycles. The van der Waals surface area contributed by atoms with Gasteiger partial charge in [-0.05, 0) is 62.3 Å². The van der Waals surface area contributed by atoms with Crippen molar-refractivity contribution in [3.05, 3.63) is 12.7 Å². The Hall–Kier alpha value is -2.29. The number of ether oxygens (including phenoxy) is 13. The second-order valence-electron chi connectivity index (χ2n) is 15.2. The number of hydrogen-bond acceptors (Lipinski definition) is 16. The summed E-state index contributed by atoms with van der Waals surface area (Å²) in [5.41, 5.74) is 0. The van der Waals surface area contributed by atoms with E-state index in [-0.39, 0.29) is 30.4 Å². The molecule has 12 unspecified atom stereocenters. The van der Waals surface area contributed by atoms with Crippen molar-refractivity contribution in [2.45, 2.75) is 161 Å². The Labute approximate surface area is 304 Å². The minimum Gasteiger partial charge on any atom is -0.466 e. The highest BCUT2D eigenvalue weighted by Crippen LogP contribution is 2.44. The Morgan fingerprint density at radius 3 is 1.42 bits per heavy atom. The fraction of sp³-hybridized carbons (Fsp3) is 0.857. The third kappa shape index (κ3) is 9.49. The monoisotopic (exact) mass is 748 g/mol. The van der Waals surface area contributed by atoms with Gasteiger partial charge in [0, 0.05) is 6.08 Å². The van der Waals surface area contributed by atoms with Crippen LogP contribution in [0.2, 0.25) is 0 Å². The molecule has 0 saturated carbocycles. The third-order valence-electron chi connectivity index (χ3n) is 9.30. The van der Waals surface area contributed by atoms with Crippen LogP contribution in [0.1, 0.15) is 76.2 Å². The summed E-state index contributed by atoms with van der Waals surface area (Å²) in [5, 5.41) is 0. The molecule has 6 saturated heterocycles. The molecule has 0 aliphatic carbocycles. The number of hydrogen-bond donors (Lipinski definition) is 0. The first kappa shape index (κ1) is 42.5. The summed E-state index contributed by atoms with van der Waals surface area (Å²) in [6.45, 7) is 23.9. The predicted octanol–water partition coefficient (Wildman–Crippen LogP) is 2.05. The van der Waals surface area contributed by atoms with Crippen LogP contribution in [0.5, 0.6) is 0 Å². The van der Waals surface area contributed by atoms with Crippen LogP contribution in [0.25, 0.3) is 0 Å². The van der Waals surface area contributed by atoms with E-state index in [9.17, 15) is 14.4 Å². The van der Waals surface area contributed by atoms with E-state index in [1.165, 1.54) is 0 Å². The van der Waals surface area contributed by atoms with Gasteiger partial charge < -0.3 is 67.1 Å². The van der Waals surface area contributed by atoms with Gasteiger partial charge in [-0.1, -0.05) is 20.4 Å². The smallest absolute Gasteiger partial charge is 0.332 e. The molecule has 298 valence electrons. The van der Waals surface area contributed by atoms with Gasteiger partial charge in [0.15, 0.2) is 35.4 Å². The number of fused-ring (bicyclic) bond motifs is 2. The molecule has 6 fully saturated rings. The van der Waals surface area contributed by atoms with E-state index in [1.807, 2.05) is 41.5 Å². The maximum absolute atomic E-state index is 12.7. The number of carbonyl (C=O) groups excluding carboxylic acids is 3. The molecule has 17 nitrogen and oxygen atoms in total. The number of rotatable bonds is 9. The SMILES string of the molecule is C=CC(=O)OC1OC(C2COC(C)(C)O2)C2OC(C)(C)OC12.CCOC(=O)C(C)C(C)C(=O)OC1OC(C2COC(C)(C)O2)C2OC(C)(C)OC12.O. The molecule has 6 heterocycles. The van der Waals surface area contributed by atoms with Gasteiger partial charge in [0.1, 0.15) is 36.6 Å². The second kappa shape index (κ2) is 15.8. The second-order valence-corrected chi connectivity index (χ2v) is 15.2. The number of carbonyl (C=O) groups is 3. The van der Waals surface area contributed by atoms with Gasteiger partial charge in [0.25, 0.3) is 0 Å². The van der Waals surface area contributed by atoms with Gasteiger partial charge in [-0.15, -0.1) is 0 Å². The van der Waals surface area contributed by atoms with E-state index in [4.69, 9.17) is 61.6 Å². The van der Waals surface area contributed by atoms with Gasteiger partial charge in [-0.25, -0.2) is 4.79 Å². The van der Waals surface area contributed by atoms with Crippen molar-refractivity contribution in [2.24, 2.45) is 11.8 Å². The van der Waals surface area contributed by atoms with Crippen LogP contribution < -0.4 is 0 Å². The van der Waals surface area contributed by atoms with Crippen LogP contribution in [0, 0.1) is 11.8 Å². The van der Waals surface area contributed by atoms with Crippen LogP contribution >= 0.6 is 0 Å². The van der Waals surface area contributed by atoms with Crippen LogP contribution in [-0.2, 0) is 76.0 Å². The summed E-state index contributed by atoms with van der Waals surface area (Å²) in [7, 11) is 0. The summed E-state index contributed by atoms with van der Waals surface area (Å²) in [5.74, 6) is -5.93. The van der Waals surface area contributed by atoms with Crippen molar-refractivity contribution in [2.75, 3.05) is 19.8 Å². The molecule has 2 N–H and O–H groups in total. The van der Waals surface area contributed by atoms with Crippen molar-refractivity contribution >= 4 is 17.9 Å². The zero-order valence-corrected chi connectivity index (χ0v) is 31.9. The molecular formula is C35H56O17. The summed E-state index contributed by atoms with van der Waals surface area (Å²) < 4.78 is 74.3. The molecule has 12 atom stereocenters. The minimum absolute atomic E-state index is 0. The zero-order chi connectivity index (χ0) is 37.7. The minimum atomic E-state index is -0.969. The summed E-state index contributed by atoms with van der Waals surface area (Å²) in [4.78, 5) is 36.1. The average molecular weight is 749 g/mol. The fourth-order valence-corrected chi connectivity index (χ4v) is 6.79. The van der Waals surface area contributed by atoms with E-state index in [0.717, 1.165) is 6.08 Å². The third-order valence-corrected chi connectivity index (χ3v) is 9.30. The van der Waals surface area contributed by atoms with Crippen molar-refractivity contribution in [1.29, 1.82) is 0 Å². The average Bonchev–Trinajstić information content (AvgIpc) is 3.86. The molecule has 0 bridgehead atoms. The Bertz CT molecular complexity index is 1300. The molecule has 6 aliphatic rings. The van der Waals surface area contributed by atoms with Crippen LogP contribution in [0.15, 0.2) is 12.7 Å². The van der Waals surface area contributed by atoms with Crippen LogP contribution in [0.4, 0.5) is 0 Å². The Morgan fingerprint density at radius 1 is 0.635 bits per heavy atom. The molecule has 6 aliphatic heterocycles. The molecule has 0 spiro atoms. The van der Waals surface area contributed by atoms with Gasteiger partial charge >= 0.3 is 17.9 Å². The van der Waals surface area contributed by atoms with Crippen molar-refractivity contribution in [1.82, 2.24) is 0 Å². The zero-order valence-electron chi connectivity index (χ0n) is 31.9. The van der Waals surface area contributed by atoms with Crippen molar-refractivity contribution in [3.8, 4) is 0 Å². The lowest BCUT2D eigenvalue weighted by Crippen LogP contribution is -2.40. The highest BCUT2D eigenvalue weighted by molar-refractivity contribution is 5.82. The van der Waals surface area contributed by atoms with E-state index >= 15 is 0 Å². The largest absolute Gasteiger partial charge is 0.466 e. The lowest BCUT2D eigenvalue weighted by molar-refractivity contribution is -0.246. The molecule has 0 aromatic carbocycles. The van der Waals surface area contributed by atoms with E-state index < -0.39 is 96.0 Å². The van der Waals surface area contributed by atoms with Gasteiger partial charge in [-0.3, -0.25) is 9.59 Å². The Morgan fingerprint density at radius 2 is 1.04 bits per heavy atom. The van der Waals surface area contributed by atoms with Crippen molar-refractivity contribution in [3.63, 3.8) is 0 Å². The number of esters is 3. The van der Waals surface area contributed by atoms with Gasteiger partial charge in [0.2, 0.25) is 12.6 Å². The maximum Gasteiger partial charge on any atom is 0.332 e. The summed E-state index contributed by atoms with van der Waals surface area (Å²) >= 11 is 0. The van der Waals surface area contributed by atoms with Crippen LogP contribution in [0.3, 0.4) is 0 Å². The topological polar surface area (TPSA) is 203 Å². The fourth-order valence-electron chi connectivity index (χ4n) is 6.79. The molecule has 0 aromatic rings. The standard InChI is InChI=1S/C20H32O9.C15H22O7.H2O/c1-8-23-16(21)10(2)11(3)17(22)26-18-15-14(28-20(6,7)29-15)13(25-18)12-9-24-19(4,5)27-12;1-6-9(16)18-13-12-11(21-15(4,5)22-12)10(19-13)8-7-17-14(2,3)20-8;/h10-15,18H,8-9H2,1-7H3;6,8,10-13H,1,7H2,2-5H3;1H2. The summed E-state index contributed by atoms with van der Waals surface area (Å²) in [6.07, 6.45) is -4.34. The molecule has 6 rings (SSSR count). The summed E-state index contributed by atoms with van der Waals surface area (Å²) in [6, 6.07) is 0. The van der Waals surface area contributed by atoms with Crippen LogP contribution in [-0.4, -0.2) is 128 Å². The van der Waals surface area contributed by atoms with Gasteiger partial charge in [0.05, 0.1) is 31.7 Å². The highest BCUT2D eigenvalue weighted by Gasteiger charge is 2.62. The Balaban J connectivity index is 0.000000236. The first-order valence-electron chi connectivity index (χ1n) is 17.5. The lowest BCUT2D eigenvalue weighted by Gasteiger charge is -2.27. The molecule has 17 heteroatoms. The van der Waals surface area contributed by atoms with E-state index in [0.29, 0.717) is 13.2 Å². The lowest BCUT2D eigenvalue weighted by atomic mass is 9.96. The molecule has 52 heavy (non-hydrogen) atoms. The maximum atomic E-state index is 12.7. The first-order chi connectivity index (χ1) is 23.6. The van der Waals surface area contributed by atoms with E-state index in [1.54, 1.807) is 34.6 Å². The molecule has 0 amide bonds. The highest BCUT2D eigenvalue weighted by atomic mass is 16.8. The normalized spacial score (nSPS) is 38.4. The first-order valence-corrected chi connectivity index (χ1v) is 17.5. The molecule has 0 radical (unpaired) electrons. The van der Waals surface area contributed by atoms with Crippen molar-refractivity contribution < 1.29 is 81.4 Å². The molecular weight excluding hydrogens is 692 g/mol. The van der Waals surface area contributed by atoms with Gasteiger partial charge in [-0.2, -0.15) is 0 Å². The predicted molar refractivity (Wildman–Crippen MR) is 176 cm³/mol.